The number of nitrogens with two attached hydrogens (primary N) is 2. The van der Waals surface area contributed by atoms with E-state index in [0.717, 1.165) is 17.3 Å². The molecule has 0 bridgehead atoms. The van der Waals surface area contributed by atoms with Crippen molar-refractivity contribution in [2.45, 2.75) is 10.3 Å². The Hall–Kier alpha value is -5.36. The van der Waals surface area contributed by atoms with E-state index in [1.54, 1.807) is 70.1 Å². The molecule has 8 aromatic rings. The minimum atomic E-state index is -3.56. The average Bonchev–Trinajstić information content (AvgIpc) is 3.61. The molecule has 19 heteroatoms. The number of sulfone groups is 1. The molecule has 8 aromatic heterocycles. The fraction of sp³-hybridized carbons (Fsp3) is 0.0667. The minimum absolute atomic E-state index is 0.237. The Morgan fingerprint density at radius 1 is 0.653 bits per heavy atom. The van der Waals surface area contributed by atoms with Crippen LogP contribution in [0.2, 0.25) is 10.0 Å². The Labute approximate surface area is 289 Å². The molecule has 0 amide bonds. The number of hydrogen-bond acceptors (Lipinski definition) is 13. The van der Waals surface area contributed by atoms with Gasteiger partial charge in [-0.15, -0.1) is 0 Å². The summed E-state index contributed by atoms with van der Waals surface area (Å²) < 4.78 is 38.7. The van der Waals surface area contributed by atoms with Gasteiger partial charge in [-0.05, 0) is 36.4 Å². The van der Waals surface area contributed by atoms with Crippen molar-refractivity contribution in [2.24, 2.45) is 0 Å². The Morgan fingerprint density at radius 2 is 1.10 bits per heavy atom. The third-order valence-corrected chi connectivity index (χ3v) is 9.58. The summed E-state index contributed by atoms with van der Waals surface area (Å²) in [5, 5.41) is 2.28. The number of rotatable bonds is 4. The molecule has 8 heterocycles. The highest BCUT2D eigenvalue weighted by Gasteiger charge is 2.22. The first-order valence-corrected chi connectivity index (χ1v) is 18.2. The zero-order chi connectivity index (χ0) is 34.6. The number of hydrogen-bond donors (Lipinski definition) is 2. The Kier molecular flexibility index (Phi) is 8.06. The maximum absolute atomic E-state index is 11.8. The highest BCUT2D eigenvalue weighted by molar-refractivity contribution is 7.90. The molecule has 15 nitrogen and oxygen atoms in total. The standard InChI is InChI=1S/C15H11ClN6O2S.C15H11ClN6OS/c1-25(23,24)15-20-6-3-9(21-15)12-10-4-7-19-14(17)22(10)13-11(12)8(16)2-5-18-13;1-24(23)15-20-6-3-9(21-15)12-10-4-7-19-14(17)22(10)13-11(12)8(16)2-5-18-13/h2-7H,1H3,(H2,17,19);2-7H,1H3,(H2,17,19). The molecule has 49 heavy (non-hydrogen) atoms. The zero-order valence-electron chi connectivity index (χ0n) is 25.4. The summed E-state index contributed by atoms with van der Waals surface area (Å²) in [6, 6.07) is 10.3. The molecule has 0 saturated carbocycles. The summed E-state index contributed by atoms with van der Waals surface area (Å²) in [5.41, 5.74) is 17.0. The summed E-state index contributed by atoms with van der Waals surface area (Å²) in [6.07, 6.45) is 11.9. The van der Waals surface area contributed by atoms with Crippen LogP contribution >= 0.6 is 23.2 Å². The lowest BCUT2D eigenvalue weighted by molar-refractivity contribution is 0.593. The van der Waals surface area contributed by atoms with Crippen LogP contribution in [0.1, 0.15) is 0 Å². The fourth-order valence-corrected chi connectivity index (χ4v) is 6.85. The quantitative estimate of drug-likeness (QED) is 0.242. The first-order chi connectivity index (χ1) is 23.5. The van der Waals surface area contributed by atoms with Crippen LogP contribution in [0.15, 0.2) is 83.9 Å². The van der Waals surface area contributed by atoms with Crippen molar-refractivity contribution in [1.82, 2.24) is 48.7 Å². The van der Waals surface area contributed by atoms with Gasteiger partial charge < -0.3 is 11.5 Å². The molecule has 0 aliphatic rings. The summed E-state index contributed by atoms with van der Waals surface area (Å²) >= 11 is 12.8. The van der Waals surface area contributed by atoms with Crippen LogP contribution in [-0.4, -0.2) is 73.8 Å². The second kappa shape index (κ2) is 12.3. The normalized spacial score (nSPS) is 12.4. The first-order valence-electron chi connectivity index (χ1n) is 14.0. The predicted octanol–water partition coefficient (Wildman–Crippen LogP) is 4.29. The van der Waals surface area contributed by atoms with Crippen LogP contribution in [0, 0.1) is 0 Å². The summed E-state index contributed by atoms with van der Waals surface area (Å²) in [5.74, 6) is 0.535. The van der Waals surface area contributed by atoms with Crippen molar-refractivity contribution < 1.29 is 12.6 Å². The second-order valence-electron chi connectivity index (χ2n) is 10.5. The molecular weight excluding hydrogens is 711 g/mol. The lowest BCUT2D eigenvalue weighted by atomic mass is 10.1. The highest BCUT2D eigenvalue weighted by atomic mass is 35.5. The van der Waals surface area contributed by atoms with E-state index in [4.69, 9.17) is 34.7 Å². The van der Waals surface area contributed by atoms with Crippen molar-refractivity contribution in [1.29, 1.82) is 0 Å². The fourth-order valence-electron chi connectivity index (χ4n) is 5.42. The van der Waals surface area contributed by atoms with Gasteiger partial charge >= 0.3 is 0 Å². The van der Waals surface area contributed by atoms with E-state index in [1.807, 2.05) is 6.07 Å². The molecule has 0 aromatic carbocycles. The maximum atomic E-state index is 11.8. The molecule has 0 aliphatic heterocycles. The molecule has 1 unspecified atom stereocenters. The van der Waals surface area contributed by atoms with Crippen molar-refractivity contribution in [3.63, 3.8) is 0 Å². The molecule has 0 saturated heterocycles. The monoisotopic (exact) mass is 732 g/mol. The van der Waals surface area contributed by atoms with Crippen molar-refractivity contribution in [3.05, 3.63) is 83.6 Å². The Balaban J connectivity index is 0.000000154. The van der Waals surface area contributed by atoms with E-state index in [1.165, 1.54) is 12.5 Å². The van der Waals surface area contributed by atoms with E-state index in [-0.39, 0.29) is 16.3 Å². The molecule has 0 fully saturated rings. The van der Waals surface area contributed by atoms with Crippen LogP contribution in [0.4, 0.5) is 11.9 Å². The van der Waals surface area contributed by atoms with Crippen molar-refractivity contribution >= 4 is 88.8 Å². The van der Waals surface area contributed by atoms with E-state index in [9.17, 15) is 12.6 Å². The van der Waals surface area contributed by atoms with Gasteiger partial charge in [-0.2, -0.15) is 0 Å². The van der Waals surface area contributed by atoms with Gasteiger partial charge in [0.05, 0.1) is 43.3 Å². The van der Waals surface area contributed by atoms with E-state index < -0.39 is 20.6 Å². The maximum Gasteiger partial charge on any atom is 0.247 e. The van der Waals surface area contributed by atoms with Crippen LogP contribution in [0.5, 0.6) is 0 Å². The molecule has 0 radical (unpaired) electrons. The predicted molar refractivity (Wildman–Crippen MR) is 187 cm³/mol. The molecule has 8 rings (SSSR count). The van der Waals surface area contributed by atoms with E-state index in [0.29, 0.717) is 60.5 Å². The smallest absolute Gasteiger partial charge is 0.247 e. The van der Waals surface area contributed by atoms with Crippen molar-refractivity contribution in [3.8, 4) is 22.5 Å². The van der Waals surface area contributed by atoms with E-state index in [2.05, 4.69) is 39.9 Å². The largest absolute Gasteiger partial charge is 0.369 e. The third-order valence-electron chi connectivity index (χ3n) is 7.38. The summed E-state index contributed by atoms with van der Waals surface area (Å²) in [7, 11) is -4.85. The minimum Gasteiger partial charge on any atom is -0.369 e. The van der Waals surface area contributed by atoms with Gasteiger partial charge in [0.1, 0.15) is 11.3 Å². The van der Waals surface area contributed by atoms with Gasteiger partial charge in [-0.1, -0.05) is 23.2 Å². The number of aromatic nitrogens is 10. The topological polar surface area (TPSA) is 215 Å². The molecular formula is C30H22Cl2N12O3S2. The van der Waals surface area contributed by atoms with Crippen LogP contribution in [0.25, 0.3) is 55.6 Å². The Bertz CT molecular complexity index is 2750. The Morgan fingerprint density at radius 3 is 1.59 bits per heavy atom. The second-order valence-corrected chi connectivity index (χ2v) is 14.5. The summed E-state index contributed by atoms with van der Waals surface area (Å²) in [6.45, 7) is 0. The van der Waals surface area contributed by atoms with Crippen molar-refractivity contribution in [2.75, 3.05) is 24.0 Å². The van der Waals surface area contributed by atoms with Gasteiger partial charge in [0, 0.05) is 71.6 Å². The third kappa shape index (κ3) is 5.55. The van der Waals surface area contributed by atoms with Gasteiger partial charge in [0.25, 0.3) is 0 Å². The lowest BCUT2D eigenvalue weighted by Gasteiger charge is -2.03. The summed E-state index contributed by atoms with van der Waals surface area (Å²) in [4.78, 5) is 33.4. The molecule has 1 atom stereocenters. The molecule has 0 aliphatic carbocycles. The van der Waals surface area contributed by atoms with Gasteiger partial charge in [0.2, 0.25) is 32.0 Å². The first kappa shape index (κ1) is 32.2. The average molecular weight is 734 g/mol. The number of pyridine rings is 2. The number of anilines is 2. The molecule has 246 valence electrons. The number of nitrogen functional groups attached to an aromatic ring is 2. The highest BCUT2D eigenvalue weighted by Crippen LogP contribution is 2.39. The number of nitrogens with zero attached hydrogens (tertiary/aromatic N) is 10. The van der Waals surface area contributed by atoms with Gasteiger partial charge in [-0.3, -0.25) is 13.0 Å². The van der Waals surface area contributed by atoms with E-state index >= 15 is 0 Å². The number of fused-ring (bicyclic) bond motifs is 6. The number of halogens is 2. The van der Waals surface area contributed by atoms with Crippen LogP contribution < -0.4 is 11.5 Å². The lowest BCUT2D eigenvalue weighted by Crippen LogP contribution is -2.04. The molecule has 4 N–H and O–H groups in total. The van der Waals surface area contributed by atoms with Crippen LogP contribution in [0.3, 0.4) is 0 Å². The van der Waals surface area contributed by atoms with Gasteiger partial charge in [0.15, 0.2) is 0 Å². The molecule has 0 spiro atoms. The SMILES string of the molecule is CS(=O)(=O)c1nccc(-c2c3c(Cl)ccnc3n3c(N)nccc23)n1.CS(=O)c1nccc(-c2c3c(Cl)ccnc3n3c(N)nccc23)n1. The zero-order valence-corrected chi connectivity index (χ0v) is 28.5. The van der Waals surface area contributed by atoms with Gasteiger partial charge in [-0.25, -0.2) is 48.3 Å². The van der Waals surface area contributed by atoms with Crippen LogP contribution in [-0.2, 0) is 20.6 Å².